The molecule has 2 aromatic rings. The van der Waals surface area contributed by atoms with Crippen LogP contribution >= 0.6 is 0 Å². The molecule has 0 unspecified atom stereocenters. The first kappa shape index (κ1) is 14.9. The maximum atomic E-state index is 6.14. The van der Waals surface area contributed by atoms with E-state index in [9.17, 15) is 0 Å². The molecule has 4 heteroatoms. The number of hydrogen-bond donors (Lipinski definition) is 0. The van der Waals surface area contributed by atoms with Crippen LogP contribution in [-0.4, -0.2) is 33.5 Å². The van der Waals surface area contributed by atoms with Crippen LogP contribution in [0.4, 0.5) is 0 Å². The van der Waals surface area contributed by atoms with Crippen molar-refractivity contribution in [1.82, 2.24) is 0 Å². The predicted octanol–water partition coefficient (Wildman–Crippen LogP) is 3.21. The Bertz CT molecular complexity index is 574. The molecule has 1 aliphatic rings. The molecule has 1 aliphatic heterocycles. The fourth-order valence-electron chi connectivity index (χ4n) is 2.48. The highest BCUT2D eigenvalue weighted by molar-refractivity contribution is 5.45. The quantitative estimate of drug-likeness (QED) is 0.736. The summed E-state index contributed by atoms with van der Waals surface area (Å²) in [7, 11) is 3.34. The van der Waals surface area contributed by atoms with Crippen molar-refractivity contribution in [2.24, 2.45) is 0 Å². The standard InChI is InChI=1S/C18H20O4/c1-19-16-9-5-3-7-14(16)18(22-12-13-11-21-13)15-8-4-6-10-17(15)20-2/h3-10,13,18H,11-12H2,1-2H3/t13-/m0/s1. The van der Waals surface area contributed by atoms with Crippen LogP contribution < -0.4 is 9.47 Å². The zero-order chi connectivity index (χ0) is 15.4. The Morgan fingerprint density at radius 3 is 1.91 bits per heavy atom. The maximum Gasteiger partial charge on any atom is 0.125 e. The lowest BCUT2D eigenvalue weighted by Gasteiger charge is -2.22. The van der Waals surface area contributed by atoms with E-state index in [1.165, 1.54) is 0 Å². The first-order chi connectivity index (χ1) is 10.8. The molecule has 3 rings (SSSR count). The largest absolute Gasteiger partial charge is 0.496 e. The van der Waals surface area contributed by atoms with E-state index in [4.69, 9.17) is 18.9 Å². The van der Waals surface area contributed by atoms with E-state index < -0.39 is 0 Å². The molecule has 4 nitrogen and oxygen atoms in total. The summed E-state index contributed by atoms with van der Waals surface area (Å²) in [6.45, 7) is 1.32. The van der Waals surface area contributed by atoms with Gasteiger partial charge in [-0.15, -0.1) is 0 Å². The van der Waals surface area contributed by atoms with Crippen molar-refractivity contribution < 1.29 is 18.9 Å². The van der Waals surface area contributed by atoms with Crippen LogP contribution in [0.1, 0.15) is 17.2 Å². The molecule has 0 bridgehead atoms. The Labute approximate surface area is 130 Å². The number of rotatable bonds is 7. The number of para-hydroxylation sites is 2. The van der Waals surface area contributed by atoms with Crippen molar-refractivity contribution in [3.63, 3.8) is 0 Å². The summed E-state index contributed by atoms with van der Waals surface area (Å²) in [6, 6.07) is 15.8. The van der Waals surface area contributed by atoms with Crippen LogP contribution in [0.3, 0.4) is 0 Å². The highest BCUT2D eigenvalue weighted by Crippen LogP contribution is 2.37. The van der Waals surface area contributed by atoms with E-state index in [0.29, 0.717) is 6.61 Å². The molecule has 1 saturated heterocycles. The van der Waals surface area contributed by atoms with Crippen LogP contribution in [0, 0.1) is 0 Å². The summed E-state index contributed by atoms with van der Waals surface area (Å²) >= 11 is 0. The van der Waals surface area contributed by atoms with Crippen LogP contribution in [0.25, 0.3) is 0 Å². The Kier molecular flexibility index (Phi) is 4.61. The molecule has 22 heavy (non-hydrogen) atoms. The molecule has 1 fully saturated rings. The number of ether oxygens (including phenoxy) is 4. The zero-order valence-electron chi connectivity index (χ0n) is 12.8. The molecule has 0 spiro atoms. The van der Waals surface area contributed by atoms with Crippen LogP contribution in [0.5, 0.6) is 11.5 Å². The number of benzene rings is 2. The minimum atomic E-state index is -0.253. The second-order valence-corrected chi connectivity index (χ2v) is 5.15. The third kappa shape index (κ3) is 3.24. The smallest absolute Gasteiger partial charge is 0.125 e. The van der Waals surface area contributed by atoms with Gasteiger partial charge >= 0.3 is 0 Å². The van der Waals surface area contributed by atoms with Gasteiger partial charge in [0.05, 0.1) is 27.4 Å². The van der Waals surface area contributed by atoms with Gasteiger partial charge in [-0.05, 0) is 12.1 Å². The fourth-order valence-corrected chi connectivity index (χ4v) is 2.48. The van der Waals surface area contributed by atoms with Gasteiger partial charge in [0.1, 0.15) is 23.7 Å². The van der Waals surface area contributed by atoms with Gasteiger partial charge in [0, 0.05) is 11.1 Å². The average molecular weight is 300 g/mol. The lowest BCUT2D eigenvalue weighted by Crippen LogP contribution is -2.12. The average Bonchev–Trinajstić information content (AvgIpc) is 3.40. The van der Waals surface area contributed by atoms with Crippen molar-refractivity contribution in [1.29, 1.82) is 0 Å². The van der Waals surface area contributed by atoms with Gasteiger partial charge < -0.3 is 18.9 Å². The molecular weight excluding hydrogens is 280 g/mol. The second-order valence-electron chi connectivity index (χ2n) is 5.15. The van der Waals surface area contributed by atoms with E-state index >= 15 is 0 Å². The summed E-state index contributed by atoms with van der Waals surface area (Å²) in [5, 5.41) is 0. The summed E-state index contributed by atoms with van der Waals surface area (Å²) < 4.78 is 22.4. The number of methoxy groups -OCH3 is 2. The molecule has 0 radical (unpaired) electrons. The summed E-state index contributed by atoms with van der Waals surface area (Å²) in [4.78, 5) is 0. The van der Waals surface area contributed by atoms with Crippen LogP contribution in [-0.2, 0) is 9.47 Å². The Morgan fingerprint density at radius 2 is 1.45 bits per heavy atom. The normalized spacial score (nSPS) is 16.6. The number of epoxide rings is 1. The van der Waals surface area contributed by atoms with Crippen LogP contribution in [0.2, 0.25) is 0 Å². The van der Waals surface area contributed by atoms with Crippen molar-refractivity contribution >= 4 is 0 Å². The zero-order valence-corrected chi connectivity index (χ0v) is 12.8. The molecule has 0 amide bonds. The Morgan fingerprint density at radius 1 is 0.955 bits per heavy atom. The predicted molar refractivity (Wildman–Crippen MR) is 83.5 cm³/mol. The molecule has 0 saturated carbocycles. The van der Waals surface area contributed by atoms with Crippen molar-refractivity contribution in [2.75, 3.05) is 27.4 Å². The first-order valence-electron chi connectivity index (χ1n) is 7.32. The Balaban J connectivity index is 1.98. The van der Waals surface area contributed by atoms with E-state index in [0.717, 1.165) is 29.2 Å². The van der Waals surface area contributed by atoms with Gasteiger partial charge in [-0.25, -0.2) is 0 Å². The second kappa shape index (κ2) is 6.81. The topological polar surface area (TPSA) is 40.2 Å². The van der Waals surface area contributed by atoms with Gasteiger partial charge in [0.15, 0.2) is 0 Å². The van der Waals surface area contributed by atoms with Crippen LogP contribution in [0.15, 0.2) is 48.5 Å². The minimum Gasteiger partial charge on any atom is -0.496 e. The maximum absolute atomic E-state index is 6.14. The molecule has 0 aromatic heterocycles. The third-order valence-electron chi connectivity index (χ3n) is 3.69. The van der Waals surface area contributed by atoms with Crippen molar-refractivity contribution in [3.8, 4) is 11.5 Å². The van der Waals surface area contributed by atoms with Crippen molar-refractivity contribution in [2.45, 2.75) is 12.2 Å². The first-order valence-corrected chi connectivity index (χ1v) is 7.32. The molecule has 116 valence electrons. The van der Waals surface area contributed by atoms with E-state index in [2.05, 4.69) is 0 Å². The molecule has 2 aromatic carbocycles. The summed E-state index contributed by atoms with van der Waals surface area (Å²) in [6.07, 6.45) is -0.0524. The van der Waals surface area contributed by atoms with Gasteiger partial charge in [-0.3, -0.25) is 0 Å². The fraction of sp³-hybridized carbons (Fsp3) is 0.333. The van der Waals surface area contributed by atoms with Gasteiger partial charge in [0.25, 0.3) is 0 Å². The van der Waals surface area contributed by atoms with Gasteiger partial charge in [0.2, 0.25) is 0 Å². The molecule has 1 heterocycles. The minimum absolute atomic E-state index is 0.201. The lowest BCUT2D eigenvalue weighted by atomic mass is 9.99. The summed E-state index contributed by atoms with van der Waals surface area (Å²) in [5.74, 6) is 1.60. The van der Waals surface area contributed by atoms with Gasteiger partial charge in [-0.2, -0.15) is 0 Å². The molecule has 1 atom stereocenters. The highest BCUT2D eigenvalue weighted by atomic mass is 16.6. The van der Waals surface area contributed by atoms with E-state index in [1.807, 2.05) is 48.5 Å². The highest BCUT2D eigenvalue weighted by Gasteiger charge is 2.28. The molecular formula is C18H20O4. The lowest BCUT2D eigenvalue weighted by molar-refractivity contribution is 0.0641. The van der Waals surface area contributed by atoms with Gasteiger partial charge in [-0.1, -0.05) is 36.4 Å². The SMILES string of the molecule is COc1ccccc1C(OC[C@@H]1CO1)c1ccccc1OC. The number of hydrogen-bond acceptors (Lipinski definition) is 4. The Hall–Kier alpha value is -2.04. The molecule has 0 N–H and O–H groups in total. The summed E-state index contributed by atoms with van der Waals surface area (Å²) in [5.41, 5.74) is 1.96. The molecule has 0 aliphatic carbocycles. The van der Waals surface area contributed by atoms with Crippen molar-refractivity contribution in [3.05, 3.63) is 59.7 Å². The van der Waals surface area contributed by atoms with E-state index in [-0.39, 0.29) is 12.2 Å². The van der Waals surface area contributed by atoms with E-state index in [1.54, 1.807) is 14.2 Å². The third-order valence-corrected chi connectivity index (χ3v) is 3.69. The monoisotopic (exact) mass is 300 g/mol.